The molecule has 2 aromatic heterocycles. The molecule has 0 radical (unpaired) electrons. The summed E-state index contributed by atoms with van der Waals surface area (Å²) in [6.45, 7) is 7.29. The average Bonchev–Trinajstić information content (AvgIpc) is 3.01. The van der Waals surface area contributed by atoms with Gasteiger partial charge in [-0.15, -0.1) is 0 Å². The molecule has 0 saturated heterocycles. The van der Waals surface area contributed by atoms with Crippen LogP contribution >= 0.6 is 15.9 Å². The summed E-state index contributed by atoms with van der Waals surface area (Å²) in [6, 6.07) is 3.75. The molecule has 0 bridgehead atoms. The van der Waals surface area contributed by atoms with Gasteiger partial charge in [-0.3, -0.25) is 4.90 Å². The molecule has 0 aliphatic carbocycles. The van der Waals surface area contributed by atoms with Crippen LogP contribution in [-0.2, 0) is 17.8 Å². The fourth-order valence-corrected chi connectivity index (χ4v) is 2.70. The van der Waals surface area contributed by atoms with Crippen molar-refractivity contribution in [3.63, 3.8) is 0 Å². The number of nitrogens with zero attached hydrogens (tertiary/aromatic N) is 3. The summed E-state index contributed by atoms with van der Waals surface area (Å²) in [5, 5.41) is 0. The summed E-state index contributed by atoms with van der Waals surface area (Å²) in [6.07, 6.45) is 1.48. The van der Waals surface area contributed by atoms with Crippen LogP contribution in [0.2, 0.25) is 0 Å². The number of aromatic nitrogens is 2. The predicted octanol–water partition coefficient (Wildman–Crippen LogP) is 3.66. The van der Waals surface area contributed by atoms with E-state index >= 15 is 0 Å². The lowest BCUT2D eigenvalue weighted by molar-refractivity contribution is 0.0196. The maximum Gasteiger partial charge on any atom is 0.410 e. The Morgan fingerprint density at radius 1 is 1.36 bits per heavy atom. The second kappa shape index (κ2) is 5.46. The highest BCUT2D eigenvalue weighted by Gasteiger charge is 2.28. The molecule has 2 aromatic rings. The Labute approximate surface area is 137 Å². The van der Waals surface area contributed by atoms with E-state index in [0.717, 1.165) is 17.3 Å². The van der Waals surface area contributed by atoms with Gasteiger partial charge < -0.3 is 13.7 Å². The normalized spacial score (nSPS) is 14.8. The van der Waals surface area contributed by atoms with E-state index in [-0.39, 0.29) is 6.09 Å². The molecule has 118 valence electrons. The number of hydrogen-bond donors (Lipinski definition) is 0. The van der Waals surface area contributed by atoms with Crippen LogP contribution < -0.4 is 0 Å². The highest BCUT2D eigenvalue weighted by atomic mass is 79.9. The number of ether oxygens (including phenoxy) is 1. The minimum Gasteiger partial charge on any atom is -0.448 e. The van der Waals surface area contributed by atoms with E-state index in [0.29, 0.717) is 24.3 Å². The summed E-state index contributed by atoms with van der Waals surface area (Å²) in [4.78, 5) is 18.2. The lowest BCUT2D eigenvalue weighted by atomic mass is 10.2. The van der Waals surface area contributed by atoms with E-state index in [9.17, 15) is 4.79 Å². The smallest absolute Gasteiger partial charge is 0.410 e. The lowest BCUT2D eigenvalue weighted by Gasteiger charge is -2.30. The monoisotopic (exact) mass is 367 g/mol. The average molecular weight is 368 g/mol. The Hall–Kier alpha value is -1.76. The number of furan rings is 1. The van der Waals surface area contributed by atoms with Crippen molar-refractivity contribution in [1.82, 2.24) is 14.5 Å². The van der Waals surface area contributed by atoms with Gasteiger partial charge in [0.25, 0.3) is 0 Å². The van der Waals surface area contributed by atoms with Crippen LogP contribution in [0.1, 0.15) is 26.6 Å². The van der Waals surface area contributed by atoms with Crippen LogP contribution in [0.25, 0.3) is 11.5 Å². The maximum absolute atomic E-state index is 12.1. The Morgan fingerprint density at radius 3 is 2.77 bits per heavy atom. The van der Waals surface area contributed by atoms with Crippen molar-refractivity contribution in [2.45, 2.75) is 39.5 Å². The first-order valence-electron chi connectivity index (χ1n) is 7.11. The van der Waals surface area contributed by atoms with Gasteiger partial charge in [-0.05, 0) is 48.8 Å². The van der Waals surface area contributed by atoms with Crippen molar-refractivity contribution < 1.29 is 13.9 Å². The van der Waals surface area contributed by atoms with Crippen molar-refractivity contribution in [3.8, 4) is 11.5 Å². The number of fused-ring (bicyclic) bond motifs is 1. The summed E-state index contributed by atoms with van der Waals surface area (Å²) in [5.74, 6) is 1.59. The Bertz CT molecular complexity index is 699. The van der Waals surface area contributed by atoms with Crippen LogP contribution in [0.5, 0.6) is 0 Å². The van der Waals surface area contributed by atoms with E-state index in [4.69, 9.17) is 9.15 Å². The molecule has 0 atom stereocenters. The van der Waals surface area contributed by atoms with Gasteiger partial charge in [0.2, 0.25) is 0 Å². The van der Waals surface area contributed by atoms with Gasteiger partial charge in [-0.25, -0.2) is 9.78 Å². The number of rotatable bonds is 1. The van der Waals surface area contributed by atoms with E-state index in [1.165, 1.54) is 0 Å². The number of carbonyl (C=O) groups excluding carboxylic acids is 1. The van der Waals surface area contributed by atoms with Crippen molar-refractivity contribution in [3.05, 3.63) is 28.8 Å². The van der Waals surface area contributed by atoms with Crippen molar-refractivity contribution >= 4 is 22.0 Å². The van der Waals surface area contributed by atoms with Crippen molar-refractivity contribution in [2.24, 2.45) is 0 Å². The second-order valence-electron chi connectivity index (χ2n) is 6.22. The molecular formula is C15H18BrN3O3. The van der Waals surface area contributed by atoms with Crippen LogP contribution in [-0.4, -0.2) is 32.7 Å². The van der Waals surface area contributed by atoms with Gasteiger partial charge in [0.1, 0.15) is 17.1 Å². The van der Waals surface area contributed by atoms with Crippen LogP contribution in [0, 0.1) is 0 Å². The van der Waals surface area contributed by atoms with E-state index in [1.54, 1.807) is 11.1 Å². The molecule has 3 heterocycles. The first-order valence-corrected chi connectivity index (χ1v) is 7.91. The number of amides is 1. The van der Waals surface area contributed by atoms with Gasteiger partial charge in [0, 0.05) is 13.1 Å². The van der Waals surface area contributed by atoms with Crippen molar-refractivity contribution in [2.75, 3.05) is 6.54 Å². The molecular weight excluding hydrogens is 350 g/mol. The number of halogens is 1. The SMILES string of the molecule is CC(C)(C)OC(=O)N1CCn2c(-c3ccc(Br)o3)cnc2C1. The van der Waals surface area contributed by atoms with Gasteiger partial charge in [0.05, 0.1) is 12.7 Å². The summed E-state index contributed by atoms with van der Waals surface area (Å²) in [7, 11) is 0. The zero-order valence-corrected chi connectivity index (χ0v) is 14.4. The summed E-state index contributed by atoms with van der Waals surface area (Å²) < 4.78 is 13.8. The second-order valence-corrected chi connectivity index (χ2v) is 7.00. The number of hydrogen-bond acceptors (Lipinski definition) is 4. The highest BCUT2D eigenvalue weighted by molar-refractivity contribution is 9.10. The third kappa shape index (κ3) is 3.04. The predicted molar refractivity (Wildman–Crippen MR) is 84.3 cm³/mol. The molecule has 22 heavy (non-hydrogen) atoms. The first-order chi connectivity index (χ1) is 10.3. The molecule has 0 spiro atoms. The first kappa shape index (κ1) is 15.1. The van der Waals surface area contributed by atoms with Crippen molar-refractivity contribution in [1.29, 1.82) is 0 Å². The molecule has 1 aliphatic rings. The van der Waals surface area contributed by atoms with Gasteiger partial charge >= 0.3 is 6.09 Å². The molecule has 0 aromatic carbocycles. The fourth-order valence-electron chi connectivity index (χ4n) is 2.39. The van der Waals surface area contributed by atoms with E-state index in [2.05, 4.69) is 25.5 Å². The highest BCUT2D eigenvalue weighted by Crippen LogP contribution is 2.28. The molecule has 0 N–H and O–H groups in total. The molecule has 6 nitrogen and oxygen atoms in total. The minimum absolute atomic E-state index is 0.302. The van der Waals surface area contributed by atoms with E-state index < -0.39 is 5.60 Å². The van der Waals surface area contributed by atoms with Crippen LogP contribution in [0.15, 0.2) is 27.4 Å². The van der Waals surface area contributed by atoms with Gasteiger partial charge in [0.15, 0.2) is 10.4 Å². The number of carbonyl (C=O) groups is 1. The molecule has 0 saturated carbocycles. The summed E-state index contributed by atoms with van der Waals surface area (Å²) in [5.41, 5.74) is 0.430. The van der Waals surface area contributed by atoms with Crippen LogP contribution in [0.3, 0.4) is 0 Å². The third-order valence-electron chi connectivity index (χ3n) is 3.34. The molecule has 1 amide bonds. The Balaban J connectivity index is 1.78. The molecule has 0 unspecified atom stereocenters. The number of imidazole rings is 1. The standard InChI is InChI=1S/C15H18BrN3O3/c1-15(2,3)22-14(20)18-6-7-19-10(8-17-13(19)9-18)11-4-5-12(16)21-11/h4-5,8H,6-7,9H2,1-3H3. The Kier molecular flexibility index (Phi) is 3.76. The van der Waals surface area contributed by atoms with Crippen LogP contribution in [0.4, 0.5) is 4.79 Å². The summed E-state index contributed by atoms with van der Waals surface area (Å²) >= 11 is 3.30. The molecule has 1 aliphatic heterocycles. The maximum atomic E-state index is 12.1. The quantitative estimate of drug-likeness (QED) is 0.771. The molecule has 7 heteroatoms. The fraction of sp³-hybridized carbons (Fsp3) is 0.467. The topological polar surface area (TPSA) is 60.5 Å². The molecule has 0 fully saturated rings. The third-order valence-corrected chi connectivity index (χ3v) is 3.77. The Morgan fingerprint density at radius 2 is 2.14 bits per heavy atom. The largest absolute Gasteiger partial charge is 0.448 e. The van der Waals surface area contributed by atoms with E-state index in [1.807, 2.05) is 32.9 Å². The molecule has 3 rings (SSSR count). The van der Waals surface area contributed by atoms with Gasteiger partial charge in [-0.1, -0.05) is 0 Å². The minimum atomic E-state index is -0.491. The lowest BCUT2D eigenvalue weighted by Crippen LogP contribution is -2.41. The zero-order valence-electron chi connectivity index (χ0n) is 12.8. The zero-order chi connectivity index (χ0) is 15.9. The van der Waals surface area contributed by atoms with Gasteiger partial charge in [-0.2, -0.15) is 0 Å².